The molecule has 1 aromatic rings. The third-order valence-electron chi connectivity index (χ3n) is 3.05. The molecule has 1 heterocycles. The molecule has 0 atom stereocenters. The average molecular weight is 239 g/mol. The SMILES string of the molecule is O=C(O)C1(C(=O)NCc2cccs2)CCC1. The number of carbonyl (C=O) groups excluding carboxylic acids is 1. The van der Waals surface area contributed by atoms with Crippen molar-refractivity contribution in [2.45, 2.75) is 25.8 Å². The van der Waals surface area contributed by atoms with E-state index >= 15 is 0 Å². The van der Waals surface area contributed by atoms with Crippen molar-refractivity contribution in [3.63, 3.8) is 0 Å². The molecule has 2 rings (SSSR count). The van der Waals surface area contributed by atoms with Gasteiger partial charge in [-0.15, -0.1) is 11.3 Å². The maximum atomic E-state index is 11.8. The first-order valence-electron chi connectivity index (χ1n) is 5.19. The smallest absolute Gasteiger partial charge is 0.319 e. The van der Waals surface area contributed by atoms with Crippen LogP contribution in [0.15, 0.2) is 17.5 Å². The molecule has 1 aliphatic carbocycles. The van der Waals surface area contributed by atoms with Crippen molar-refractivity contribution in [1.82, 2.24) is 5.32 Å². The molecule has 0 saturated heterocycles. The molecule has 0 unspecified atom stereocenters. The second-order valence-corrected chi connectivity index (χ2v) is 5.04. The van der Waals surface area contributed by atoms with E-state index in [4.69, 9.17) is 5.11 Å². The summed E-state index contributed by atoms with van der Waals surface area (Å²) in [6.45, 7) is 0.422. The van der Waals surface area contributed by atoms with Gasteiger partial charge in [0.25, 0.3) is 0 Å². The third-order valence-corrected chi connectivity index (χ3v) is 3.93. The summed E-state index contributed by atoms with van der Waals surface area (Å²) in [5.41, 5.74) is -1.16. The Hall–Kier alpha value is -1.36. The molecule has 1 amide bonds. The molecule has 4 nitrogen and oxygen atoms in total. The number of hydrogen-bond acceptors (Lipinski definition) is 3. The van der Waals surface area contributed by atoms with Crippen LogP contribution in [-0.2, 0) is 16.1 Å². The number of nitrogens with one attached hydrogen (secondary N) is 1. The fourth-order valence-electron chi connectivity index (χ4n) is 1.82. The molecule has 1 aromatic heterocycles. The molecule has 1 saturated carbocycles. The van der Waals surface area contributed by atoms with Crippen LogP contribution < -0.4 is 5.32 Å². The van der Waals surface area contributed by atoms with Gasteiger partial charge in [-0.1, -0.05) is 12.5 Å². The zero-order valence-electron chi connectivity index (χ0n) is 8.73. The molecule has 0 aromatic carbocycles. The van der Waals surface area contributed by atoms with E-state index in [2.05, 4.69) is 5.32 Å². The largest absolute Gasteiger partial charge is 0.480 e. The molecular formula is C11H13NO3S. The quantitative estimate of drug-likeness (QED) is 0.785. The van der Waals surface area contributed by atoms with E-state index in [9.17, 15) is 9.59 Å². The van der Waals surface area contributed by atoms with E-state index in [1.807, 2.05) is 17.5 Å². The predicted octanol–water partition coefficient (Wildman–Crippen LogP) is 1.62. The third kappa shape index (κ3) is 1.82. The highest BCUT2D eigenvalue weighted by Gasteiger charge is 2.50. The minimum absolute atomic E-state index is 0.348. The van der Waals surface area contributed by atoms with Crippen LogP contribution in [-0.4, -0.2) is 17.0 Å². The van der Waals surface area contributed by atoms with E-state index in [0.717, 1.165) is 11.3 Å². The summed E-state index contributed by atoms with van der Waals surface area (Å²) < 4.78 is 0. The summed E-state index contributed by atoms with van der Waals surface area (Å²) in [5, 5.41) is 13.7. The molecule has 0 bridgehead atoms. The van der Waals surface area contributed by atoms with E-state index < -0.39 is 11.4 Å². The van der Waals surface area contributed by atoms with Gasteiger partial charge in [-0.25, -0.2) is 0 Å². The van der Waals surface area contributed by atoms with Crippen molar-refractivity contribution in [3.8, 4) is 0 Å². The van der Waals surface area contributed by atoms with Gasteiger partial charge in [0.1, 0.15) is 5.41 Å². The zero-order chi connectivity index (χ0) is 11.6. The topological polar surface area (TPSA) is 66.4 Å². The maximum Gasteiger partial charge on any atom is 0.319 e. The van der Waals surface area contributed by atoms with Crippen LogP contribution in [0.25, 0.3) is 0 Å². The Morgan fingerprint density at radius 3 is 2.69 bits per heavy atom. The number of amides is 1. The van der Waals surface area contributed by atoms with Crippen LogP contribution in [0.3, 0.4) is 0 Å². The number of carboxylic acids is 1. The Morgan fingerprint density at radius 2 is 2.25 bits per heavy atom. The van der Waals surface area contributed by atoms with Crippen LogP contribution in [0.4, 0.5) is 0 Å². The molecule has 5 heteroatoms. The van der Waals surface area contributed by atoms with Crippen LogP contribution >= 0.6 is 11.3 Å². The normalized spacial score (nSPS) is 17.5. The zero-order valence-corrected chi connectivity index (χ0v) is 9.55. The molecule has 0 radical (unpaired) electrons. The van der Waals surface area contributed by atoms with Gasteiger partial charge in [-0.3, -0.25) is 9.59 Å². The first kappa shape index (κ1) is 11.1. The van der Waals surface area contributed by atoms with E-state index in [0.29, 0.717) is 19.4 Å². The van der Waals surface area contributed by atoms with Crippen molar-refractivity contribution in [1.29, 1.82) is 0 Å². The standard InChI is InChI=1S/C11H13NO3S/c13-9(11(10(14)15)4-2-5-11)12-7-8-3-1-6-16-8/h1,3,6H,2,4-5,7H2,(H,12,13)(H,14,15). The van der Waals surface area contributed by atoms with Crippen molar-refractivity contribution in [3.05, 3.63) is 22.4 Å². The summed E-state index contributed by atoms with van der Waals surface area (Å²) in [6.07, 6.45) is 1.73. The van der Waals surface area contributed by atoms with Crippen LogP contribution in [0.1, 0.15) is 24.1 Å². The van der Waals surface area contributed by atoms with Gasteiger partial charge >= 0.3 is 5.97 Å². The van der Waals surface area contributed by atoms with Gasteiger partial charge in [-0.2, -0.15) is 0 Å². The van der Waals surface area contributed by atoms with Crippen molar-refractivity contribution in [2.75, 3.05) is 0 Å². The van der Waals surface area contributed by atoms with Gasteiger partial charge in [-0.05, 0) is 24.3 Å². The molecule has 86 valence electrons. The molecule has 0 spiro atoms. The van der Waals surface area contributed by atoms with Gasteiger partial charge in [0.2, 0.25) is 5.91 Å². The summed E-state index contributed by atoms with van der Waals surface area (Å²) in [7, 11) is 0. The highest BCUT2D eigenvalue weighted by atomic mass is 32.1. The van der Waals surface area contributed by atoms with Crippen molar-refractivity contribution in [2.24, 2.45) is 5.41 Å². The van der Waals surface area contributed by atoms with Crippen LogP contribution in [0.5, 0.6) is 0 Å². The number of carbonyl (C=O) groups is 2. The van der Waals surface area contributed by atoms with Crippen molar-refractivity contribution >= 4 is 23.2 Å². The first-order valence-corrected chi connectivity index (χ1v) is 6.07. The van der Waals surface area contributed by atoms with Gasteiger partial charge < -0.3 is 10.4 Å². The van der Waals surface area contributed by atoms with E-state index in [1.54, 1.807) is 11.3 Å². The van der Waals surface area contributed by atoms with E-state index in [-0.39, 0.29) is 5.91 Å². The molecule has 0 aliphatic heterocycles. The minimum atomic E-state index is -1.16. The molecule has 1 fully saturated rings. The number of thiophene rings is 1. The Morgan fingerprint density at radius 1 is 1.50 bits per heavy atom. The van der Waals surface area contributed by atoms with Gasteiger partial charge in [0.15, 0.2) is 0 Å². The average Bonchev–Trinajstić information content (AvgIpc) is 2.64. The predicted molar refractivity (Wildman–Crippen MR) is 60.1 cm³/mol. The summed E-state index contributed by atoms with van der Waals surface area (Å²) >= 11 is 1.55. The fraction of sp³-hybridized carbons (Fsp3) is 0.455. The minimum Gasteiger partial charge on any atom is -0.480 e. The molecular weight excluding hydrogens is 226 g/mol. The second-order valence-electron chi connectivity index (χ2n) is 4.00. The maximum absolute atomic E-state index is 11.8. The lowest BCUT2D eigenvalue weighted by atomic mass is 9.68. The summed E-state index contributed by atoms with van der Waals surface area (Å²) in [5.74, 6) is -1.35. The highest BCUT2D eigenvalue weighted by Crippen LogP contribution is 2.41. The van der Waals surface area contributed by atoms with Gasteiger partial charge in [0, 0.05) is 4.88 Å². The Balaban J connectivity index is 1.95. The number of aliphatic carboxylic acids is 1. The van der Waals surface area contributed by atoms with Crippen LogP contribution in [0.2, 0.25) is 0 Å². The monoisotopic (exact) mass is 239 g/mol. The lowest BCUT2D eigenvalue weighted by molar-refractivity contribution is -0.162. The summed E-state index contributed by atoms with van der Waals surface area (Å²) in [4.78, 5) is 23.9. The molecule has 1 aliphatic rings. The molecule has 2 N–H and O–H groups in total. The molecule has 16 heavy (non-hydrogen) atoms. The number of hydrogen-bond donors (Lipinski definition) is 2. The first-order chi connectivity index (χ1) is 7.65. The Bertz CT molecular complexity index is 395. The number of carboxylic acid groups (broad SMARTS) is 1. The summed E-state index contributed by atoms with van der Waals surface area (Å²) in [6, 6.07) is 3.82. The Labute approximate surface area is 97.3 Å². The lowest BCUT2D eigenvalue weighted by Crippen LogP contribution is -2.50. The highest BCUT2D eigenvalue weighted by molar-refractivity contribution is 7.09. The fourth-order valence-corrected chi connectivity index (χ4v) is 2.46. The second kappa shape index (κ2) is 4.25. The van der Waals surface area contributed by atoms with Crippen molar-refractivity contribution < 1.29 is 14.7 Å². The lowest BCUT2D eigenvalue weighted by Gasteiger charge is -2.35. The van der Waals surface area contributed by atoms with Crippen LogP contribution in [0, 0.1) is 5.41 Å². The Kier molecular flexibility index (Phi) is 2.96. The van der Waals surface area contributed by atoms with E-state index in [1.165, 1.54) is 0 Å². The number of rotatable bonds is 4. The van der Waals surface area contributed by atoms with Gasteiger partial charge in [0.05, 0.1) is 6.54 Å².